The van der Waals surface area contributed by atoms with Crippen LogP contribution >= 0.6 is 8.42 Å². The lowest BCUT2D eigenvalue weighted by Crippen LogP contribution is -1.51. The van der Waals surface area contributed by atoms with Crippen molar-refractivity contribution in [2.45, 2.75) is 0 Å². The molecule has 0 aromatic rings. The molecule has 0 bridgehead atoms. The van der Waals surface area contributed by atoms with E-state index in [0.29, 0.717) is 0 Å². The van der Waals surface area contributed by atoms with Crippen molar-refractivity contribution < 1.29 is 17.5 Å². The maximum atomic E-state index is 10.0. The van der Waals surface area contributed by atoms with E-state index >= 15 is 0 Å². The lowest BCUT2D eigenvalue weighted by atomic mass is 15.9. The first-order valence-electron chi connectivity index (χ1n) is 0.707. The molecule has 0 aliphatic heterocycles. The molecule has 0 amide bonds. The van der Waals surface area contributed by atoms with Crippen molar-refractivity contribution in [2.75, 3.05) is 0 Å². The standard InChI is InChI=1S/F3HOP/c1-5(2,3)4/h4H/q+1. The highest BCUT2D eigenvalue weighted by atomic mass is 31.3. The molecule has 0 aromatic carbocycles. The molecule has 0 heterocycles. The molecule has 32 valence electrons. The highest BCUT2D eigenvalue weighted by molar-refractivity contribution is 7.54. The van der Waals surface area contributed by atoms with Crippen molar-refractivity contribution in [3.8, 4) is 0 Å². The summed E-state index contributed by atoms with van der Waals surface area (Å²) in [5, 5.41) is 0. The molecule has 0 radical (unpaired) electrons. The zero-order chi connectivity index (χ0) is 4.50. The van der Waals surface area contributed by atoms with Crippen molar-refractivity contribution in [1.29, 1.82) is 0 Å². The van der Waals surface area contributed by atoms with E-state index in [1.54, 1.807) is 0 Å². The predicted octanol–water partition coefficient (Wildman–Crippen LogP) is 1.56. The summed E-state index contributed by atoms with van der Waals surface area (Å²) < 4.78 is 30.1. The average molecular weight is 105 g/mol. The third-order valence-corrected chi connectivity index (χ3v) is 0. The lowest BCUT2D eigenvalue weighted by Gasteiger charge is -1.68. The van der Waals surface area contributed by atoms with Crippen molar-refractivity contribution in [2.24, 2.45) is 0 Å². The van der Waals surface area contributed by atoms with Crippen LogP contribution in [0.25, 0.3) is 0 Å². The largest absolute Gasteiger partial charge is 0.709 e. The molecule has 0 atom stereocenters. The summed E-state index contributed by atoms with van der Waals surface area (Å²) in [5.41, 5.74) is 0. The van der Waals surface area contributed by atoms with Crippen LogP contribution < -0.4 is 0 Å². The van der Waals surface area contributed by atoms with Gasteiger partial charge in [-0.05, 0) is 0 Å². The molecule has 0 spiro atoms. The Bertz CT molecular complexity index is 22.4. The first-order valence-corrected chi connectivity index (χ1v) is 2.12. The van der Waals surface area contributed by atoms with Crippen LogP contribution in [0.2, 0.25) is 0 Å². The Morgan fingerprint density at radius 3 is 1.20 bits per heavy atom. The van der Waals surface area contributed by atoms with Gasteiger partial charge in [0.25, 0.3) is 0 Å². The maximum absolute atomic E-state index is 10.0. The van der Waals surface area contributed by atoms with Crippen LogP contribution in [0.3, 0.4) is 0 Å². The van der Waals surface area contributed by atoms with E-state index in [2.05, 4.69) is 0 Å². The Balaban J connectivity index is 3.02. The molecular formula is HF3OP+. The summed E-state index contributed by atoms with van der Waals surface area (Å²) in [6.45, 7) is 0. The Kier molecular flexibility index (Phi) is 1.15. The van der Waals surface area contributed by atoms with Gasteiger partial charge < -0.3 is 0 Å². The quantitative estimate of drug-likeness (QED) is 0.463. The molecule has 1 nitrogen and oxygen atoms in total. The molecule has 0 aliphatic rings. The molecule has 5 heteroatoms. The average Bonchev–Trinajstić information content (AvgIpc) is 0.722. The molecule has 0 fully saturated rings. The molecular weight excluding hydrogens is 104 g/mol. The zero-order valence-corrected chi connectivity index (χ0v) is 2.92. The molecule has 0 rings (SSSR count). The summed E-state index contributed by atoms with van der Waals surface area (Å²) in [5.74, 6) is 0. The first kappa shape index (κ1) is 5.18. The fourth-order valence-electron chi connectivity index (χ4n) is 0. The molecule has 0 saturated heterocycles. The highest BCUT2D eigenvalue weighted by Crippen LogP contribution is 2.59. The number of hydrogen-bond donors (Lipinski definition) is 1. The smallest absolute Gasteiger partial charge is 0.157 e. The van der Waals surface area contributed by atoms with E-state index < -0.39 is 8.42 Å². The van der Waals surface area contributed by atoms with Gasteiger partial charge in [0.1, 0.15) is 0 Å². The van der Waals surface area contributed by atoms with Gasteiger partial charge in [-0.15, -0.1) is 0 Å². The van der Waals surface area contributed by atoms with Gasteiger partial charge >= 0.3 is 8.42 Å². The van der Waals surface area contributed by atoms with E-state index in [-0.39, 0.29) is 0 Å². The number of rotatable bonds is 0. The minimum atomic E-state index is -5.89. The van der Waals surface area contributed by atoms with Crippen LogP contribution in [-0.2, 0) is 0 Å². The summed E-state index contributed by atoms with van der Waals surface area (Å²) in [4.78, 5) is 6.63. The minimum absolute atomic E-state index is 5.89. The summed E-state index contributed by atoms with van der Waals surface area (Å²) in [6, 6.07) is 0. The lowest BCUT2D eigenvalue weighted by molar-refractivity contribution is 0.396. The van der Waals surface area contributed by atoms with Crippen LogP contribution in [0.5, 0.6) is 0 Å². The number of halogens is 3. The second-order valence-corrected chi connectivity index (χ2v) is 1.26. The summed E-state index contributed by atoms with van der Waals surface area (Å²) >= 11 is 0. The van der Waals surface area contributed by atoms with E-state index in [0.717, 1.165) is 0 Å². The van der Waals surface area contributed by atoms with Gasteiger partial charge in [-0.1, -0.05) is 0 Å². The molecule has 0 aliphatic carbocycles. The SMILES string of the molecule is O[P+](F)(F)F. The number of hydrogen-bond acceptors (Lipinski definition) is 1. The van der Waals surface area contributed by atoms with Gasteiger partial charge in [0, 0.05) is 0 Å². The second kappa shape index (κ2) is 1.11. The Morgan fingerprint density at radius 1 is 1.20 bits per heavy atom. The first-order chi connectivity index (χ1) is 2.00. The Morgan fingerprint density at radius 2 is 1.20 bits per heavy atom. The van der Waals surface area contributed by atoms with Crippen LogP contribution in [0.4, 0.5) is 12.6 Å². The minimum Gasteiger partial charge on any atom is -0.157 e. The van der Waals surface area contributed by atoms with E-state index in [9.17, 15) is 12.6 Å². The van der Waals surface area contributed by atoms with E-state index in [1.807, 2.05) is 0 Å². The van der Waals surface area contributed by atoms with E-state index in [4.69, 9.17) is 4.89 Å². The summed E-state index contributed by atoms with van der Waals surface area (Å²) in [6.07, 6.45) is 0. The van der Waals surface area contributed by atoms with Gasteiger partial charge in [0.2, 0.25) is 0 Å². The van der Waals surface area contributed by atoms with Gasteiger partial charge in [0.15, 0.2) is 0 Å². The van der Waals surface area contributed by atoms with Crippen LogP contribution in [0.1, 0.15) is 0 Å². The fraction of sp³-hybridized carbons (Fsp3) is 0. The molecule has 0 unspecified atom stereocenters. The van der Waals surface area contributed by atoms with Crippen LogP contribution in [0, 0.1) is 0 Å². The van der Waals surface area contributed by atoms with Crippen LogP contribution in [-0.4, -0.2) is 4.89 Å². The zero-order valence-electron chi connectivity index (χ0n) is 2.03. The second-order valence-electron chi connectivity index (χ2n) is 0.418. The van der Waals surface area contributed by atoms with Gasteiger partial charge in [0.05, 0.1) is 12.6 Å². The van der Waals surface area contributed by atoms with Gasteiger partial charge in [-0.2, -0.15) is 4.89 Å². The van der Waals surface area contributed by atoms with Crippen molar-refractivity contribution in [3.05, 3.63) is 0 Å². The maximum Gasteiger partial charge on any atom is 0.709 e. The van der Waals surface area contributed by atoms with Crippen molar-refractivity contribution >= 4 is 8.42 Å². The normalized spacial score (nSPS) is 12.0. The predicted molar refractivity (Wildman–Crippen MR) is 12.5 cm³/mol. The third kappa shape index (κ3) is 613. The monoisotopic (exact) mass is 105 g/mol. The Hall–Kier alpha value is 0.180. The van der Waals surface area contributed by atoms with Gasteiger partial charge in [-0.25, -0.2) is 0 Å². The molecule has 0 saturated carbocycles. The topological polar surface area (TPSA) is 20.2 Å². The van der Waals surface area contributed by atoms with E-state index in [1.165, 1.54) is 0 Å². The highest BCUT2D eigenvalue weighted by Gasteiger charge is 2.39. The van der Waals surface area contributed by atoms with Crippen molar-refractivity contribution in [1.82, 2.24) is 0 Å². The summed E-state index contributed by atoms with van der Waals surface area (Å²) in [7, 11) is -5.89. The molecule has 1 N–H and O–H groups in total. The molecule has 5 heavy (non-hydrogen) atoms. The van der Waals surface area contributed by atoms with Crippen LogP contribution in [0.15, 0.2) is 0 Å². The fourth-order valence-corrected chi connectivity index (χ4v) is 0. The van der Waals surface area contributed by atoms with Gasteiger partial charge in [-0.3, -0.25) is 0 Å². The molecule has 0 aromatic heterocycles. The third-order valence-electron chi connectivity index (χ3n) is 0. The van der Waals surface area contributed by atoms with Crippen molar-refractivity contribution in [3.63, 3.8) is 0 Å². The Labute approximate surface area is 27.2 Å².